The highest BCUT2D eigenvalue weighted by atomic mass is 33.1. The number of nitrogens with one attached hydrogen (secondary N) is 5. The molecular weight excluding hydrogens is 1260 g/mol. The van der Waals surface area contributed by atoms with E-state index in [1.54, 1.807) is 32.4 Å². The fraction of sp³-hybridized carbons (Fsp3) is 0.851. The van der Waals surface area contributed by atoms with Crippen molar-refractivity contribution >= 4 is 89.1 Å². The third kappa shape index (κ3) is 79.9. The third-order valence-corrected chi connectivity index (χ3v) is 20.4. The van der Waals surface area contributed by atoms with Gasteiger partial charge in [-0.2, -0.15) is 0 Å². The van der Waals surface area contributed by atoms with Crippen LogP contribution in [0.1, 0.15) is 201 Å². The van der Waals surface area contributed by atoms with Crippen LogP contribution in [0.2, 0.25) is 0 Å². The molecule has 3 atom stereocenters. The van der Waals surface area contributed by atoms with Crippen LogP contribution in [0.3, 0.4) is 0 Å². The Balaban J connectivity index is -0.00000132. The van der Waals surface area contributed by atoms with E-state index in [4.69, 9.17) is 37.9 Å². The second kappa shape index (κ2) is 66.7. The van der Waals surface area contributed by atoms with Gasteiger partial charge in [0.1, 0.15) is 16.3 Å². The van der Waals surface area contributed by atoms with Gasteiger partial charge < -0.3 is 64.5 Å². The first-order chi connectivity index (χ1) is 42.8. The van der Waals surface area contributed by atoms with E-state index in [0.717, 1.165) is 76.4 Å². The first-order valence-corrected chi connectivity index (χ1v) is 39.9. The van der Waals surface area contributed by atoms with E-state index in [9.17, 15) is 19.2 Å². The molecule has 0 saturated carbocycles. The van der Waals surface area contributed by atoms with Gasteiger partial charge in [-0.15, -0.1) is 0 Å². The van der Waals surface area contributed by atoms with Crippen LogP contribution >= 0.6 is 64.8 Å². The standard InChI is InChI=1S/C29H54N2O7S2.C19H36N2O2S2.C19H35NO3S2/c1-24(2)12-10-15-30-27(32)37-19-9-8-18-36-26(5)39-40-29(6,7)14-20-38-28(33)31-16-21-35-23-22-34-17-11-13-25(3)4;1-16(2)10-8-13-21-19(22)20-12-6-7-14-23-18(5)25-24-15-9-11-17(3)4;1-16(2)10-8-12-20-19(21)23-14-7-6-13-22-18(5)25-24-15-9-11-17(3)4/h24-26H,8-9,11,13-23H2,1-7H3,(H,30,32)(H,31,33);16-18H,6-7,9,11-15H2,1-5H3,(H2,20,21,22);16-18H,6-7,9,11-15H2,1-5H3,(H,20,21)/t26-;2*18-/m111/s1. The molecular formula is C67H125N5O12S6. The van der Waals surface area contributed by atoms with E-state index < -0.39 is 18.3 Å². The molecule has 0 fully saturated rings. The summed E-state index contributed by atoms with van der Waals surface area (Å²) in [6.45, 7) is 43.5. The molecule has 0 aliphatic carbocycles. The van der Waals surface area contributed by atoms with E-state index in [1.165, 1.54) is 43.6 Å². The van der Waals surface area contributed by atoms with Gasteiger partial charge in [-0.1, -0.05) is 196 Å². The highest BCUT2D eigenvalue weighted by Crippen LogP contribution is 2.41. The van der Waals surface area contributed by atoms with E-state index in [2.05, 4.69) is 131 Å². The molecule has 0 saturated heterocycles. The number of unbranched alkanes of at least 4 members (excludes halogenated alkanes) is 3. The summed E-state index contributed by atoms with van der Waals surface area (Å²) in [5.41, 5.74) is 0.440. The highest BCUT2D eigenvalue weighted by molar-refractivity contribution is 8.77. The SMILES string of the molecule is CC(C)C#CCNC(=O)NCCCCO[C@@H](C)SSCCCC(C)C.CC(C)C#CCNC(=O)OCCCCO[C@@H](C)SSC(C)(C)CCOC(=O)NCCOCCOCCCC(C)C.CC(C)C#CCNC(=O)OCCCCO[C@@H](C)SSCCCC(C)C. The molecule has 5 N–H and O–H groups in total. The maximum atomic E-state index is 11.9. The van der Waals surface area contributed by atoms with Crippen molar-refractivity contribution in [2.75, 3.05) is 110 Å². The van der Waals surface area contributed by atoms with Crippen molar-refractivity contribution < 1.29 is 57.1 Å². The molecule has 0 unspecified atom stereocenters. The average Bonchev–Trinajstić information content (AvgIpc) is 3.56. The Morgan fingerprint density at radius 2 is 0.778 bits per heavy atom. The Morgan fingerprint density at radius 3 is 1.23 bits per heavy atom. The number of alkyl carbamates (subject to hydrolysis) is 3. The lowest BCUT2D eigenvalue weighted by molar-refractivity contribution is 0.0462. The Labute approximate surface area is 572 Å². The number of hydrogen-bond acceptors (Lipinski definition) is 18. The molecule has 17 nitrogen and oxygen atoms in total. The van der Waals surface area contributed by atoms with Crippen LogP contribution < -0.4 is 26.6 Å². The summed E-state index contributed by atoms with van der Waals surface area (Å²) in [5.74, 6) is 23.3. The van der Waals surface area contributed by atoms with Crippen molar-refractivity contribution in [2.24, 2.45) is 35.5 Å². The normalized spacial score (nSPS) is 12.0. The van der Waals surface area contributed by atoms with Crippen LogP contribution in [-0.4, -0.2) is 156 Å². The van der Waals surface area contributed by atoms with Gasteiger partial charge in [0.25, 0.3) is 0 Å². The average molecular weight is 1390 g/mol. The number of urea groups is 1. The maximum Gasteiger partial charge on any atom is 0.407 e. The monoisotopic (exact) mass is 1380 g/mol. The minimum atomic E-state index is -0.443. The molecule has 0 aliphatic heterocycles. The molecule has 90 heavy (non-hydrogen) atoms. The summed E-state index contributed by atoms with van der Waals surface area (Å²) in [4.78, 5) is 46.4. The largest absolute Gasteiger partial charge is 0.450 e. The minimum Gasteiger partial charge on any atom is -0.450 e. The molecule has 0 aromatic rings. The van der Waals surface area contributed by atoms with Gasteiger partial charge in [0.15, 0.2) is 0 Å². The maximum absolute atomic E-state index is 11.9. The van der Waals surface area contributed by atoms with Crippen LogP contribution in [0.25, 0.3) is 0 Å². The van der Waals surface area contributed by atoms with Crippen molar-refractivity contribution in [3.05, 3.63) is 0 Å². The first-order valence-electron chi connectivity index (χ1n) is 32.9. The number of rotatable bonds is 49. The zero-order valence-corrected chi connectivity index (χ0v) is 63.7. The molecule has 0 aromatic heterocycles. The number of ether oxygens (including phenoxy) is 8. The van der Waals surface area contributed by atoms with Crippen molar-refractivity contribution in [2.45, 2.75) is 222 Å². The van der Waals surface area contributed by atoms with Crippen LogP contribution in [0.5, 0.6) is 0 Å². The fourth-order valence-corrected chi connectivity index (χ4v) is 13.0. The van der Waals surface area contributed by atoms with E-state index in [1.807, 2.05) is 80.8 Å². The molecule has 5 amide bonds. The summed E-state index contributed by atoms with van der Waals surface area (Å²) < 4.78 is 43.8. The first kappa shape index (κ1) is 91.9. The van der Waals surface area contributed by atoms with E-state index >= 15 is 0 Å². The number of carbonyl (C=O) groups is 4. The zero-order valence-electron chi connectivity index (χ0n) is 58.8. The van der Waals surface area contributed by atoms with Crippen molar-refractivity contribution in [1.82, 2.24) is 26.6 Å². The summed E-state index contributed by atoms with van der Waals surface area (Å²) in [7, 11) is 10.8. The minimum absolute atomic E-state index is 0.0164. The van der Waals surface area contributed by atoms with Gasteiger partial charge in [0, 0.05) is 73.5 Å². The molecule has 0 aliphatic rings. The van der Waals surface area contributed by atoms with Gasteiger partial charge in [-0.05, 0) is 123 Å². The van der Waals surface area contributed by atoms with Crippen LogP contribution in [0, 0.1) is 71.0 Å². The number of amides is 5. The van der Waals surface area contributed by atoms with Crippen molar-refractivity contribution in [3.8, 4) is 35.5 Å². The fourth-order valence-electron chi connectivity index (χ4n) is 6.50. The quantitative estimate of drug-likeness (QED) is 0.0126. The molecule has 23 heteroatoms. The molecule has 526 valence electrons. The lowest BCUT2D eigenvalue weighted by Crippen LogP contribution is -2.36. The highest BCUT2D eigenvalue weighted by Gasteiger charge is 2.22. The summed E-state index contributed by atoms with van der Waals surface area (Å²) in [6.07, 6.45) is 11.9. The van der Waals surface area contributed by atoms with Gasteiger partial charge in [0.2, 0.25) is 0 Å². The topological polar surface area (TPSA) is 202 Å². The summed E-state index contributed by atoms with van der Waals surface area (Å²) in [5, 5.41) is 13.5. The van der Waals surface area contributed by atoms with Gasteiger partial charge >= 0.3 is 24.3 Å². The molecule has 0 aromatic carbocycles. The van der Waals surface area contributed by atoms with Gasteiger partial charge in [-0.3, -0.25) is 0 Å². The lowest BCUT2D eigenvalue weighted by atomic mass is 10.1. The van der Waals surface area contributed by atoms with Gasteiger partial charge in [-0.25, -0.2) is 19.2 Å². The van der Waals surface area contributed by atoms with E-state index in [-0.39, 0.29) is 33.0 Å². The Bertz CT molecular complexity index is 1840. The van der Waals surface area contributed by atoms with Crippen molar-refractivity contribution in [1.29, 1.82) is 0 Å². The van der Waals surface area contributed by atoms with Crippen LogP contribution in [0.4, 0.5) is 19.2 Å². The number of carbonyl (C=O) groups excluding carboxylic acids is 4. The van der Waals surface area contributed by atoms with E-state index in [0.29, 0.717) is 103 Å². The molecule has 0 rings (SSSR count). The van der Waals surface area contributed by atoms with Crippen LogP contribution in [-0.2, 0) is 37.9 Å². The molecule has 0 bridgehead atoms. The summed E-state index contributed by atoms with van der Waals surface area (Å²) >= 11 is 0. The summed E-state index contributed by atoms with van der Waals surface area (Å²) in [6, 6.07) is -0.152. The lowest BCUT2D eigenvalue weighted by Gasteiger charge is -2.24. The molecule has 0 spiro atoms. The van der Waals surface area contributed by atoms with Crippen LogP contribution in [0.15, 0.2) is 0 Å². The Morgan fingerprint density at radius 1 is 0.389 bits per heavy atom. The number of hydrogen-bond donors (Lipinski definition) is 5. The third-order valence-electron chi connectivity index (χ3n) is 11.3. The Kier molecular flexibility index (Phi) is 68.0. The second-order valence-electron chi connectivity index (χ2n) is 23.9. The zero-order chi connectivity index (χ0) is 67.9. The molecule has 0 radical (unpaired) electrons. The van der Waals surface area contributed by atoms with Crippen molar-refractivity contribution in [3.63, 3.8) is 0 Å². The Hall–Kier alpha value is -2.34. The second-order valence-corrected chi connectivity index (χ2v) is 32.6. The smallest absolute Gasteiger partial charge is 0.407 e. The molecule has 0 heterocycles. The van der Waals surface area contributed by atoms with Gasteiger partial charge in [0.05, 0.1) is 59.3 Å². The predicted octanol–water partition coefficient (Wildman–Crippen LogP) is 16.5. The predicted molar refractivity (Wildman–Crippen MR) is 389 cm³/mol.